The zero-order valence-electron chi connectivity index (χ0n) is 14.9. The molecule has 0 bridgehead atoms. The average molecular weight is 379 g/mol. The van der Waals surface area contributed by atoms with Crippen molar-refractivity contribution >= 4 is 23.4 Å². The molecule has 1 N–H and O–H groups in total. The van der Waals surface area contributed by atoms with Crippen molar-refractivity contribution in [3.05, 3.63) is 72.6 Å². The second-order valence-corrected chi connectivity index (χ2v) is 7.43. The molecule has 5 nitrogen and oxygen atoms in total. The van der Waals surface area contributed by atoms with Gasteiger partial charge >= 0.3 is 0 Å². The summed E-state index contributed by atoms with van der Waals surface area (Å²) in [5, 5.41) is 3.83. The van der Waals surface area contributed by atoms with Gasteiger partial charge in [-0.2, -0.15) is 0 Å². The summed E-state index contributed by atoms with van der Waals surface area (Å²) in [5.74, 6) is 1.08. The molecule has 1 aliphatic carbocycles. The van der Waals surface area contributed by atoms with Crippen LogP contribution in [-0.2, 0) is 11.4 Å². The second-order valence-electron chi connectivity index (χ2n) is 6.48. The van der Waals surface area contributed by atoms with Gasteiger partial charge in [-0.1, -0.05) is 42.1 Å². The van der Waals surface area contributed by atoms with E-state index >= 15 is 0 Å². The number of thioether (sulfide) groups is 1. The van der Waals surface area contributed by atoms with Gasteiger partial charge in [0.05, 0.1) is 5.75 Å². The first kappa shape index (κ1) is 17.7. The van der Waals surface area contributed by atoms with Gasteiger partial charge in [0.2, 0.25) is 5.91 Å². The SMILES string of the molecule is O=C(CSc1nccn1C1CC1)Nc1ccc(OCc2ccccc2)cc1. The molecule has 27 heavy (non-hydrogen) atoms. The Bertz CT molecular complexity index is 889. The topological polar surface area (TPSA) is 56.2 Å². The number of nitrogens with zero attached hydrogens (tertiary/aromatic N) is 2. The molecule has 4 rings (SSSR count). The Balaban J connectivity index is 1.25. The van der Waals surface area contributed by atoms with Crippen LogP contribution in [0.2, 0.25) is 0 Å². The number of rotatable bonds is 8. The molecule has 0 radical (unpaired) electrons. The number of carbonyl (C=O) groups excluding carboxylic acids is 1. The lowest BCUT2D eigenvalue weighted by Gasteiger charge is -2.09. The highest BCUT2D eigenvalue weighted by molar-refractivity contribution is 7.99. The fraction of sp³-hybridized carbons (Fsp3) is 0.238. The van der Waals surface area contributed by atoms with Gasteiger partial charge in [-0.15, -0.1) is 0 Å². The van der Waals surface area contributed by atoms with E-state index in [1.54, 1.807) is 6.20 Å². The minimum Gasteiger partial charge on any atom is -0.489 e. The van der Waals surface area contributed by atoms with Gasteiger partial charge in [0.1, 0.15) is 12.4 Å². The van der Waals surface area contributed by atoms with E-state index in [-0.39, 0.29) is 5.91 Å². The first-order chi connectivity index (χ1) is 13.3. The lowest BCUT2D eigenvalue weighted by molar-refractivity contribution is -0.113. The van der Waals surface area contributed by atoms with Crippen LogP contribution in [0.25, 0.3) is 0 Å². The Morgan fingerprint density at radius 1 is 1.15 bits per heavy atom. The second kappa shape index (κ2) is 8.31. The normalized spacial score (nSPS) is 13.3. The van der Waals surface area contributed by atoms with Crippen LogP contribution in [0.1, 0.15) is 24.4 Å². The molecule has 1 saturated carbocycles. The van der Waals surface area contributed by atoms with Crippen LogP contribution in [-0.4, -0.2) is 21.2 Å². The highest BCUT2D eigenvalue weighted by Crippen LogP contribution is 2.37. The van der Waals surface area contributed by atoms with Gasteiger partial charge < -0.3 is 14.6 Å². The number of carbonyl (C=O) groups is 1. The molecular formula is C21H21N3O2S. The minimum absolute atomic E-state index is 0.0386. The van der Waals surface area contributed by atoms with Gasteiger partial charge in [-0.25, -0.2) is 4.98 Å². The Kier molecular flexibility index (Phi) is 5.44. The van der Waals surface area contributed by atoms with Crippen LogP contribution in [0.4, 0.5) is 5.69 Å². The fourth-order valence-corrected chi connectivity index (χ4v) is 3.57. The molecule has 138 valence electrons. The van der Waals surface area contributed by atoms with Crippen molar-refractivity contribution in [1.29, 1.82) is 0 Å². The quantitative estimate of drug-likeness (QED) is 0.584. The number of hydrogen-bond donors (Lipinski definition) is 1. The molecule has 1 fully saturated rings. The zero-order chi connectivity index (χ0) is 18.5. The third-order valence-corrected chi connectivity index (χ3v) is 5.27. The largest absolute Gasteiger partial charge is 0.489 e. The Morgan fingerprint density at radius 2 is 1.93 bits per heavy atom. The van der Waals surface area contributed by atoms with E-state index in [1.165, 1.54) is 24.6 Å². The molecule has 1 aliphatic rings. The molecule has 0 unspecified atom stereocenters. The van der Waals surface area contributed by atoms with Crippen LogP contribution in [0.3, 0.4) is 0 Å². The molecule has 1 aromatic heterocycles. The molecule has 0 aliphatic heterocycles. The van der Waals surface area contributed by atoms with Crippen molar-refractivity contribution in [2.24, 2.45) is 0 Å². The van der Waals surface area contributed by atoms with Gasteiger partial charge in [0.25, 0.3) is 0 Å². The number of hydrogen-bond acceptors (Lipinski definition) is 4. The first-order valence-corrected chi connectivity index (χ1v) is 9.99. The van der Waals surface area contributed by atoms with E-state index in [9.17, 15) is 4.79 Å². The van der Waals surface area contributed by atoms with Crippen molar-refractivity contribution in [2.45, 2.75) is 30.6 Å². The molecule has 0 spiro atoms. The van der Waals surface area contributed by atoms with E-state index in [0.717, 1.165) is 22.2 Å². The number of amides is 1. The predicted octanol–water partition coefficient (Wildman–Crippen LogP) is 4.53. The first-order valence-electron chi connectivity index (χ1n) is 9.00. The molecule has 2 aromatic carbocycles. The third kappa shape index (κ3) is 4.92. The number of ether oxygens (including phenoxy) is 1. The fourth-order valence-electron chi connectivity index (χ4n) is 2.74. The Labute approximate surface area is 162 Å². The summed E-state index contributed by atoms with van der Waals surface area (Å²) in [4.78, 5) is 16.5. The van der Waals surface area contributed by atoms with Gasteiger partial charge in [-0.05, 0) is 42.7 Å². The van der Waals surface area contributed by atoms with Crippen LogP contribution < -0.4 is 10.1 Å². The maximum Gasteiger partial charge on any atom is 0.234 e. The Morgan fingerprint density at radius 3 is 2.67 bits per heavy atom. The summed E-state index contributed by atoms with van der Waals surface area (Å²) in [6.45, 7) is 0.525. The van der Waals surface area contributed by atoms with Crippen molar-refractivity contribution in [1.82, 2.24) is 9.55 Å². The number of benzene rings is 2. The molecule has 1 amide bonds. The van der Waals surface area contributed by atoms with E-state index < -0.39 is 0 Å². The highest BCUT2D eigenvalue weighted by atomic mass is 32.2. The van der Waals surface area contributed by atoms with E-state index in [1.807, 2.05) is 60.8 Å². The van der Waals surface area contributed by atoms with Crippen molar-refractivity contribution in [3.63, 3.8) is 0 Å². The van der Waals surface area contributed by atoms with Crippen LogP contribution in [0, 0.1) is 0 Å². The summed E-state index contributed by atoms with van der Waals surface area (Å²) in [6.07, 6.45) is 6.20. The number of imidazole rings is 1. The molecule has 0 atom stereocenters. The highest BCUT2D eigenvalue weighted by Gasteiger charge is 2.25. The summed E-state index contributed by atoms with van der Waals surface area (Å²) in [7, 11) is 0. The van der Waals surface area contributed by atoms with E-state index in [4.69, 9.17) is 4.74 Å². The molecule has 0 saturated heterocycles. The summed E-state index contributed by atoms with van der Waals surface area (Å²) in [6, 6.07) is 18.0. The average Bonchev–Trinajstić information content (AvgIpc) is 3.44. The number of aromatic nitrogens is 2. The summed E-state index contributed by atoms with van der Waals surface area (Å²) < 4.78 is 7.93. The zero-order valence-corrected chi connectivity index (χ0v) is 15.7. The smallest absolute Gasteiger partial charge is 0.234 e. The summed E-state index contributed by atoms with van der Waals surface area (Å²) >= 11 is 1.47. The Hall–Kier alpha value is -2.73. The minimum atomic E-state index is -0.0386. The van der Waals surface area contributed by atoms with Crippen molar-refractivity contribution in [2.75, 3.05) is 11.1 Å². The van der Waals surface area contributed by atoms with Gasteiger partial charge in [0.15, 0.2) is 5.16 Å². The predicted molar refractivity (Wildman–Crippen MR) is 107 cm³/mol. The van der Waals surface area contributed by atoms with E-state index in [0.29, 0.717) is 18.4 Å². The lowest BCUT2D eigenvalue weighted by atomic mass is 10.2. The maximum absolute atomic E-state index is 12.2. The number of nitrogens with one attached hydrogen (secondary N) is 1. The monoisotopic (exact) mass is 379 g/mol. The van der Waals surface area contributed by atoms with Crippen LogP contribution in [0.5, 0.6) is 5.75 Å². The van der Waals surface area contributed by atoms with E-state index in [2.05, 4.69) is 14.9 Å². The van der Waals surface area contributed by atoms with Crippen molar-refractivity contribution in [3.8, 4) is 5.75 Å². The molecule has 3 aromatic rings. The summed E-state index contributed by atoms with van der Waals surface area (Å²) in [5.41, 5.74) is 1.88. The molecule has 6 heteroatoms. The molecular weight excluding hydrogens is 358 g/mol. The van der Waals surface area contributed by atoms with Crippen LogP contribution in [0.15, 0.2) is 72.1 Å². The lowest BCUT2D eigenvalue weighted by Crippen LogP contribution is -2.14. The standard InChI is InChI=1S/C21H21N3O2S/c25-20(15-27-21-22-12-13-24(21)18-8-9-18)23-17-6-10-19(11-7-17)26-14-16-4-2-1-3-5-16/h1-7,10-13,18H,8-9,14-15H2,(H,23,25). The number of anilines is 1. The third-order valence-electron chi connectivity index (χ3n) is 4.29. The van der Waals surface area contributed by atoms with Gasteiger partial charge in [0, 0.05) is 24.1 Å². The maximum atomic E-state index is 12.2. The molecule has 1 heterocycles. The van der Waals surface area contributed by atoms with Crippen molar-refractivity contribution < 1.29 is 9.53 Å². The van der Waals surface area contributed by atoms with Gasteiger partial charge in [-0.3, -0.25) is 4.79 Å². The van der Waals surface area contributed by atoms with Crippen LogP contribution >= 0.6 is 11.8 Å².